The van der Waals surface area contributed by atoms with Crippen LogP contribution in [0.5, 0.6) is 0 Å². The Morgan fingerprint density at radius 2 is 2.25 bits per heavy atom. The van der Waals surface area contributed by atoms with Gasteiger partial charge in [-0.1, -0.05) is 11.3 Å². The highest BCUT2D eigenvalue weighted by atomic mass is 16.2. The predicted octanol–water partition coefficient (Wildman–Crippen LogP) is 2.02. The monoisotopic (exact) mass is 324 g/mol. The lowest BCUT2D eigenvalue weighted by Gasteiger charge is -2.31. The molecule has 1 atom stereocenters. The summed E-state index contributed by atoms with van der Waals surface area (Å²) in [7, 11) is 1.74. The zero-order valence-corrected chi connectivity index (χ0v) is 13.9. The van der Waals surface area contributed by atoms with Gasteiger partial charge in [0.2, 0.25) is 0 Å². The quantitative estimate of drug-likeness (QED) is 0.782. The first-order chi connectivity index (χ1) is 11.6. The SMILES string of the molecule is Cc1ccc2nc(C3CCCN(C(=O)c4cnnn4C)C3)[nH]c2c1. The number of piperidine rings is 1. The molecule has 1 aromatic carbocycles. The van der Waals surface area contributed by atoms with Crippen molar-refractivity contribution in [2.45, 2.75) is 25.7 Å². The molecular formula is C17H20N6O. The number of benzene rings is 1. The number of aryl methyl sites for hydroxylation is 2. The van der Waals surface area contributed by atoms with Crippen molar-refractivity contribution in [3.63, 3.8) is 0 Å². The number of imidazole rings is 1. The van der Waals surface area contributed by atoms with Gasteiger partial charge < -0.3 is 9.88 Å². The highest BCUT2D eigenvalue weighted by Gasteiger charge is 2.28. The van der Waals surface area contributed by atoms with E-state index in [1.807, 2.05) is 11.0 Å². The summed E-state index contributed by atoms with van der Waals surface area (Å²) in [4.78, 5) is 22.7. The van der Waals surface area contributed by atoms with E-state index in [9.17, 15) is 4.79 Å². The van der Waals surface area contributed by atoms with Gasteiger partial charge >= 0.3 is 0 Å². The van der Waals surface area contributed by atoms with Gasteiger partial charge in [-0.25, -0.2) is 9.67 Å². The molecule has 1 fully saturated rings. The van der Waals surface area contributed by atoms with Crippen LogP contribution in [0, 0.1) is 6.92 Å². The van der Waals surface area contributed by atoms with Crippen LogP contribution in [0.25, 0.3) is 11.0 Å². The topological polar surface area (TPSA) is 79.7 Å². The van der Waals surface area contributed by atoms with Crippen molar-refractivity contribution in [3.05, 3.63) is 41.5 Å². The highest BCUT2D eigenvalue weighted by Crippen LogP contribution is 2.27. The van der Waals surface area contributed by atoms with Gasteiger partial charge in [-0.2, -0.15) is 0 Å². The fraction of sp³-hybridized carbons (Fsp3) is 0.412. The summed E-state index contributed by atoms with van der Waals surface area (Å²) in [6, 6.07) is 6.22. The van der Waals surface area contributed by atoms with Gasteiger partial charge in [0, 0.05) is 26.1 Å². The Morgan fingerprint density at radius 1 is 1.38 bits per heavy atom. The number of carbonyl (C=O) groups excluding carboxylic acids is 1. The second kappa shape index (κ2) is 5.74. The largest absolute Gasteiger partial charge is 0.342 e. The normalized spacial score (nSPS) is 18.2. The number of nitrogens with zero attached hydrogens (tertiary/aromatic N) is 5. The molecule has 0 aliphatic carbocycles. The van der Waals surface area contributed by atoms with E-state index in [1.54, 1.807) is 7.05 Å². The number of hydrogen-bond acceptors (Lipinski definition) is 4. The third-order valence-electron chi connectivity index (χ3n) is 4.68. The molecule has 0 spiro atoms. The van der Waals surface area contributed by atoms with Crippen LogP contribution in [0.1, 0.15) is 40.6 Å². The van der Waals surface area contributed by atoms with Gasteiger partial charge in [0.15, 0.2) is 0 Å². The number of nitrogens with one attached hydrogen (secondary N) is 1. The fourth-order valence-electron chi connectivity index (χ4n) is 3.37. The number of likely N-dealkylation sites (tertiary alicyclic amines) is 1. The van der Waals surface area contributed by atoms with Crippen molar-refractivity contribution in [1.82, 2.24) is 29.9 Å². The van der Waals surface area contributed by atoms with E-state index in [0.717, 1.165) is 36.2 Å². The molecule has 0 saturated carbocycles. The third-order valence-corrected chi connectivity index (χ3v) is 4.68. The number of amides is 1. The van der Waals surface area contributed by atoms with Gasteiger partial charge in [0.25, 0.3) is 5.91 Å². The Labute approximate surface area is 139 Å². The summed E-state index contributed by atoms with van der Waals surface area (Å²) in [5.74, 6) is 1.19. The van der Waals surface area contributed by atoms with Crippen LogP contribution in [0.4, 0.5) is 0 Å². The van der Waals surface area contributed by atoms with Crippen molar-refractivity contribution in [2.24, 2.45) is 7.05 Å². The molecule has 2 aromatic heterocycles. The lowest BCUT2D eigenvalue weighted by Crippen LogP contribution is -2.40. The van der Waals surface area contributed by atoms with Gasteiger partial charge in [-0.05, 0) is 37.5 Å². The van der Waals surface area contributed by atoms with Crippen LogP contribution in [0.2, 0.25) is 0 Å². The molecular weight excluding hydrogens is 304 g/mol. The van der Waals surface area contributed by atoms with Crippen molar-refractivity contribution in [1.29, 1.82) is 0 Å². The maximum atomic E-state index is 12.7. The van der Waals surface area contributed by atoms with Crippen molar-refractivity contribution in [2.75, 3.05) is 13.1 Å². The molecule has 124 valence electrons. The molecule has 1 unspecified atom stereocenters. The zero-order valence-electron chi connectivity index (χ0n) is 13.9. The number of aromatic nitrogens is 5. The van der Waals surface area contributed by atoms with Gasteiger partial charge in [-0.15, -0.1) is 5.10 Å². The van der Waals surface area contributed by atoms with E-state index in [2.05, 4.69) is 34.4 Å². The van der Waals surface area contributed by atoms with E-state index in [4.69, 9.17) is 4.98 Å². The number of hydrogen-bond donors (Lipinski definition) is 1. The minimum atomic E-state index is -0.0147. The molecule has 1 saturated heterocycles. The lowest BCUT2D eigenvalue weighted by atomic mass is 9.97. The van der Waals surface area contributed by atoms with E-state index >= 15 is 0 Å². The van der Waals surface area contributed by atoms with Crippen molar-refractivity contribution >= 4 is 16.9 Å². The van der Waals surface area contributed by atoms with Gasteiger partial charge in [0.1, 0.15) is 11.5 Å². The van der Waals surface area contributed by atoms with Crippen LogP contribution in [0.15, 0.2) is 24.4 Å². The van der Waals surface area contributed by atoms with E-state index in [0.29, 0.717) is 12.2 Å². The summed E-state index contributed by atoms with van der Waals surface area (Å²) >= 11 is 0. The Morgan fingerprint density at radius 3 is 3.04 bits per heavy atom. The number of aromatic amines is 1. The lowest BCUT2D eigenvalue weighted by molar-refractivity contribution is 0.0693. The maximum absolute atomic E-state index is 12.7. The first-order valence-corrected chi connectivity index (χ1v) is 8.22. The highest BCUT2D eigenvalue weighted by molar-refractivity contribution is 5.92. The summed E-state index contributed by atoms with van der Waals surface area (Å²) in [6.07, 6.45) is 3.53. The van der Waals surface area contributed by atoms with Crippen LogP contribution >= 0.6 is 0 Å². The molecule has 7 heteroatoms. The predicted molar refractivity (Wildman–Crippen MR) is 89.7 cm³/mol. The molecule has 7 nitrogen and oxygen atoms in total. The summed E-state index contributed by atoms with van der Waals surface area (Å²) in [5, 5.41) is 7.65. The Bertz CT molecular complexity index is 896. The average Bonchev–Trinajstić information content (AvgIpc) is 3.20. The minimum Gasteiger partial charge on any atom is -0.342 e. The first-order valence-electron chi connectivity index (χ1n) is 8.22. The van der Waals surface area contributed by atoms with Crippen molar-refractivity contribution in [3.8, 4) is 0 Å². The molecule has 1 aliphatic heterocycles. The first kappa shape index (κ1) is 14.9. The smallest absolute Gasteiger partial charge is 0.273 e. The second-order valence-corrected chi connectivity index (χ2v) is 6.48. The molecule has 3 aromatic rings. The van der Waals surface area contributed by atoms with E-state index < -0.39 is 0 Å². The number of fused-ring (bicyclic) bond motifs is 1. The molecule has 0 bridgehead atoms. The van der Waals surface area contributed by atoms with Crippen LogP contribution < -0.4 is 0 Å². The maximum Gasteiger partial charge on any atom is 0.273 e. The summed E-state index contributed by atoms with van der Waals surface area (Å²) < 4.78 is 1.52. The molecule has 4 rings (SSSR count). The Kier molecular flexibility index (Phi) is 3.55. The summed E-state index contributed by atoms with van der Waals surface area (Å²) in [5.41, 5.74) is 3.77. The van der Waals surface area contributed by atoms with Crippen molar-refractivity contribution < 1.29 is 4.79 Å². The van der Waals surface area contributed by atoms with Crippen LogP contribution in [-0.4, -0.2) is 48.9 Å². The Balaban J connectivity index is 1.57. The minimum absolute atomic E-state index is 0.0147. The third kappa shape index (κ3) is 2.55. The standard InChI is InChI=1S/C17H20N6O/c1-11-5-6-13-14(8-11)20-16(19-13)12-4-3-7-23(10-12)17(24)15-9-18-21-22(15)2/h5-6,8-9,12H,3-4,7,10H2,1-2H3,(H,19,20). The van der Waals surface area contributed by atoms with E-state index in [1.165, 1.54) is 16.4 Å². The second-order valence-electron chi connectivity index (χ2n) is 6.48. The number of carbonyl (C=O) groups is 1. The van der Waals surface area contributed by atoms with E-state index in [-0.39, 0.29) is 11.8 Å². The number of H-pyrrole nitrogens is 1. The fourth-order valence-corrected chi connectivity index (χ4v) is 3.37. The summed E-state index contributed by atoms with van der Waals surface area (Å²) in [6.45, 7) is 3.51. The van der Waals surface area contributed by atoms with Gasteiger partial charge in [0.05, 0.1) is 17.2 Å². The molecule has 1 amide bonds. The number of rotatable bonds is 2. The average molecular weight is 324 g/mol. The molecule has 0 radical (unpaired) electrons. The molecule has 24 heavy (non-hydrogen) atoms. The van der Waals surface area contributed by atoms with Gasteiger partial charge in [-0.3, -0.25) is 4.79 Å². The van der Waals surface area contributed by atoms with Crippen LogP contribution in [0.3, 0.4) is 0 Å². The Hall–Kier alpha value is -2.70. The molecule has 1 aliphatic rings. The van der Waals surface area contributed by atoms with Crippen LogP contribution in [-0.2, 0) is 7.05 Å². The zero-order chi connectivity index (χ0) is 16.7. The molecule has 3 heterocycles. The molecule has 1 N–H and O–H groups in total.